The van der Waals surface area contributed by atoms with Crippen molar-refractivity contribution in [1.29, 1.82) is 0 Å². The molecule has 0 heterocycles. The van der Waals surface area contributed by atoms with E-state index in [1.165, 1.54) is 11.8 Å². The van der Waals surface area contributed by atoms with Crippen LogP contribution in [0.3, 0.4) is 0 Å². The lowest BCUT2D eigenvalue weighted by molar-refractivity contribution is -0.145. The molecule has 0 radical (unpaired) electrons. The number of nitrogens with zero attached hydrogens (tertiary/aromatic N) is 2. The molecule has 0 rings (SSSR count). The standard InChI is InChI=1S/C4H10N4O2S/c1-11-2-3(7-8-5)4(9)10-6/h3H,2,6H2,1H3,(H2,5,7)/t3-/m0/s1. The first-order chi connectivity index (χ1) is 5.26. The van der Waals surface area contributed by atoms with Crippen molar-refractivity contribution in [2.45, 2.75) is 6.04 Å². The molecule has 0 aliphatic carbocycles. The van der Waals surface area contributed by atoms with Crippen LogP contribution in [0.1, 0.15) is 0 Å². The summed E-state index contributed by atoms with van der Waals surface area (Å²) in [6, 6.07) is -0.694. The van der Waals surface area contributed by atoms with Crippen molar-refractivity contribution in [3.8, 4) is 0 Å². The Labute approximate surface area is 68.3 Å². The normalized spacial score (nSPS) is 13.3. The van der Waals surface area contributed by atoms with Gasteiger partial charge in [-0.25, -0.2) is 4.79 Å². The third-order valence-electron chi connectivity index (χ3n) is 0.919. The van der Waals surface area contributed by atoms with Crippen molar-refractivity contribution in [2.24, 2.45) is 22.1 Å². The van der Waals surface area contributed by atoms with E-state index in [-0.39, 0.29) is 0 Å². The highest BCUT2D eigenvalue weighted by atomic mass is 32.2. The average Bonchev–Trinajstić information content (AvgIpc) is 2.03. The van der Waals surface area contributed by atoms with Gasteiger partial charge in [0.05, 0.1) is 0 Å². The zero-order valence-electron chi connectivity index (χ0n) is 6.06. The summed E-state index contributed by atoms with van der Waals surface area (Å²) >= 11 is 1.43. The molecule has 0 saturated carbocycles. The van der Waals surface area contributed by atoms with Crippen molar-refractivity contribution in [3.63, 3.8) is 0 Å². The maximum atomic E-state index is 10.7. The maximum absolute atomic E-state index is 10.7. The van der Waals surface area contributed by atoms with Gasteiger partial charge in [-0.2, -0.15) is 22.8 Å². The zero-order chi connectivity index (χ0) is 8.69. The van der Waals surface area contributed by atoms with E-state index in [1.807, 2.05) is 6.26 Å². The quantitative estimate of drug-likeness (QED) is 0.342. The van der Waals surface area contributed by atoms with Crippen LogP contribution in [0.2, 0.25) is 0 Å². The summed E-state index contributed by atoms with van der Waals surface area (Å²) in [5, 5.41) is 6.39. The molecular formula is C4H10N4O2S. The van der Waals surface area contributed by atoms with E-state index in [9.17, 15) is 4.79 Å². The van der Waals surface area contributed by atoms with Crippen molar-refractivity contribution in [1.82, 2.24) is 0 Å². The van der Waals surface area contributed by atoms with E-state index in [4.69, 9.17) is 5.84 Å². The molecule has 0 aromatic carbocycles. The van der Waals surface area contributed by atoms with Crippen molar-refractivity contribution >= 4 is 17.7 Å². The van der Waals surface area contributed by atoms with Crippen molar-refractivity contribution < 1.29 is 9.63 Å². The fourth-order valence-corrected chi connectivity index (χ4v) is 0.984. The first-order valence-corrected chi connectivity index (χ1v) is 4.15. The van der Waals surface area contributed by atoms with Gasteiger partial charge in [0, 0.05) is 5.75 Å². The van der Waals surface area contributed by atoms with Crippen LogP contribution in [-0.2, 0) is 9.63 Å². The molecule has 0 aliphatic rings. The molecule has 0 unspecified atom stereocenters. The number of hydrogen-bond donors (Lipinski definition) is 2. The zero-order valence-corrected chi connectivity index (χ0v) is 6.87. The molecule has 7 heteroatoms. The van der Waals surface area contributed by atoms with Gasteiger partial charge in [0.1, 0.15) is 0 Å². The number of nitrogens with two attached hydrogens (primary N) is 2. The summed E-state index contributed by atoms with van der Waals surface area (Å²) in [5.41, 5.74) is 0. The van der Waals surface area contributed by atoms with E-state index in [2.05, 4.69) is 21.1 Å². The van der Waals surface area contributed by atoms with Crippen LogP contribution in [-0.4, -0.2) is 24.0 Å². The lowest BCUT2D eigenvalue weighted by Crippen LogP contribution is -2.26. The Kier molecular flexibility index (Phi) is 5.49. The SMILES string of the molecule is CSC[C@H](N=NN)C(=O)ON. The minimum atomic E-state index is -0.694. The Hall–Kier alpha value is -0.820. The summed E-state index contributed by atoms with van der Waals surface area (Å²) in [7, 11) is 0. The molecule has 0 aromatic rings. The number of thioether (sulfide) groups is 1. The van der Waals surface area contributed by atoms with Gasteiger partial charge in [-0.05, 0) is 6.26 Å². The van der Waals surface area contributed by atoms with Gasteiger partial charge in [0.25, 0.3) is 0 Å². The van der Waals surface area contributed by atoms with Gasteiger partial charge in [-0.3, -0.25) is 0 Å². The molecule has 0 spiro atoms. The van der Waals surface area contributed by atoms with Gasteiger partial charge in [-0.15, -0.1) is 0 Å². The smallest absolute Gasteiger partial charge is 0.352 e. The number of hydrogen-bond acceptors (Lipinski definition) is 6. The van der Waals surface area contributed by atoms with Gasteiger partial charge in [-0.1, -0.05) is 5.22 Å². The van der Waals surface area contributed by atoms with Gasteiger partial charge < -0.3 is 10.7 Å². The van der Waals surface area contributed by atoms with Crippen LogP contribution >= 0.6 is 11.8 Å². The van der Waals surface area contributed by atoms with Gasteiger partial charge in [0.15, 0.2) is 6.04 Å². The summed E-state index contributed by atoms with van der Waals surface area (Å²) in [4.78, 5) is 14.7. The summed E-state index contributed by atoms with van der Waals surface area (Å²) < 4.78 is 0. The fourth-order valence-electron chi connectivity index (χ4n) is 0.465. The van der Waals surface area contributed by atoms with Gasteiger partial charge >= 0.3 is 5.97 Å². The molecule has 11 heavy (non-hydrogen) atoms. The average molecular weight is 178 g/mol. The van der Waals surface area contributed by atoms with E-state index in [0.29, 0.717) is 5.75 Å². The monoisotopic (exact) mass is 178 g/mol. The van der Waals surface area contributed by atoms with Crippen LogP contribution in [0.25, 0.3) is 0 Å². The van der Waals surface area contributed by atoms with Crippen LogP contribution in [0.5, 0.6) is 0 Å². The Morgan fingerprint density at radius 1 is 1.82 bits per heavy atom. The van der Waals surface area contributed by atoms with E-state index in [1.54, 1.807) is 0 Å². The first-order valence-electron chi connectivity index (χ1n) is 2.75. The second kappa shape index (κ2) is 5.93. The lowest BCUT2D eigenvalue weighted by Gasteiger charge is -2.04. The Balaban J connectivity index is 3.97. The number of rotatable bonds is 4. The van der Waals surface area contributed by atoms with E-state index in [0.717, 1.165) is 0 Å². The molecule has 0 saturated heterocycles. The highest BCUT2D eigenvalue weighted by Gasteiger charge is 2.17. The second-order valence-corrected chi connectivity index (χ2v) is 2.55. The predicted octanol–water partition coefficient (Wildman–Crippen LogP) is -0.539. The molecule has 1 atom stereocenters. The Morgan fingerprint density at radius 2 is 2.45 bits per heavy atom. The Morgan fingerprint density at radius 3 is 2.82 bits per heavy atom. The number of carbonyl (C=O) groups is 1. The maximum Gasteiger partial charge on any atom is 0.352 e. The molecule has 64 valence electrons. The van der Waals surface area contributed by atoms with E-state index >= 15 is 0 Å². The first kappa shape index (κ1) is 10.2. The third-order valence-corrected chi connectivity index (χ3v) is 1.57. The second-order valence-electron chi connectivity index (χ2n) is 1.64. The van der Waals surface area contributed by atoms with E-state index < -0.39 is 12.0 Å². The minimum absolute atomic E-state index is 0.455. The minimum Gasteiger partial charge on any atom is -0.372 e. The third kappa shape index (κ3) is 3.79. The Bertz CT molecular complexity index is 151. The molecule has 6 nitrogen and oxygen atoms in total. The fraction of sp³-hybridized carbons (Fsp3) is 0.750. The predicted molar refractivity (Wildman–Crippen MR) is 41.5 cm³/mol. The lowest BCUT2D eigenvalue weighted by atomic mass is 10.4. The van der Waals surface area contributed by atoms with Crippen LogP contribution < -0.4 is 11.7 Å². The van der Waals surface area contributed by atoms with Crippen LogP contribution in [0.4, 0.5) is 0 Å². The molecule has 0 amide bonds. The van der Waals surface area contributed by atoms with Crippen molar-refractivity contribution in [2.75, 3.05) is 12.0 Å². The van der Waals surface area contributed by atoms with Crippen LogP contribution in [0.15, 0.2) is 10.3 Å². The molecule has 0 aliphatic heterocycles. The van der Waals surface area contributed by atoms with Crippen molar-refractivity contribution in [3.05, 3.63) is 0 Å². The molecule has 0 aromatic heterocycles. The summed E-state index contributed by atoms with van der Waals surface area (Å²) in [5.74, 6) is 9.21. The molecule has 0 fully saturated rings. The van der Waals surface area contributed by atoms with Crippen LogP contribution in [0, 0.1) is 0 Å². The van der Waals surface area contributed by atoms with Gasteiger partial charge in [0.2, 0.25) is 0 Å². The summed E-state index contributed by atoms with van der Waals surface area (Å²) in [6.45, 7) is 0. The topological polar surface area (TPSA) is 103 Å². The number of carbonyl (C=O) groups excluding carboxylic acids is 1. The highest BCUT2D eigenvalue weighted by molar-refractivity contribution is 7.98. The molecular weight excluding hydrogens is 168 g/mol. The molecule has 4 N–H and O–H groups in total. The molecule has 0 bridgehead atoms. The largest absolute Gasteiger partial charge is 0.372 e. The summed E-state index contributed by atoms with van der Waals surface area (Å²) in [6.07, 6.45) is 1.82. The highest BCUT2D eigenvalue weighted by Crippen LogP contribution is 2.02.